The molecule has 0 fully saturated rings. The number of nitrogens with one attached hydrogen (secondary N) is 1. The van der Waals surface area contributed by atoms with Crippen molar-refractivity contribution in [1.29, 1.82) is 10.7 Å². The minimum absolute atomic E-state index is 0.0344. The zero-order valence-electron chi connectivity index (χ0n) is 17.6. The van der Waals surface area contributed by atoms with Crippen molar-refractivity contribution in [3.63, 3.8) is 0 Å². The first-order valence-corrected chi connectivity index (χ1v) is 12.3. The van der Waals surface area contributed by atoms with Crippen LogP contribution in [-0.4, -0.2) is 11.7 Å². The second-order valence-electron chi connectivity index (χ2n) is 8.80. The summed E-state index contributed by atoms with van der Waals surface area (Å²) in [5.41, 5.74) is 1.58. The lowest BCUT2D eigenvalue weighted by Crippen LogP contribution is -2.38. The van der Waals surface area contributed by atoms with Crippen LogP contribution in [0.2, 0.25) is 5.02 Å². The molecule has 0 saturated carbocycles. The van der Waals surface area contributed by atoms with Crippen LogP contribution in [0.3, 0.4) is 0 Å². The molecule has 31 heavy (non-hydrogen) atoms. The summed E-state index contributed by atoms with van der Waals surface area (Å²) in [5, 5.41) is 18.8. The second kappa shape index (κ2) is 8.46. The number of ketones is 1. The number of hydrogen-bond donors (Lipinski definition) is 1. The van der Waals surface area contributed by atoms with E-state index >= 15 is 0 Å². The number of nitriles is 1. The standard InChI is InChI=1S/C24H23ClN2O2S2/c1-13-14(12-30-16-6-4-15(25)5-7-16)8-20(31-13)21-17(11-26)23(27)29-19-10-24(2,3)9-18(28)22(19)21/h4-8,17,21,27H,9-10,12H2,1-3H3. The number of Topliss-reactive ketones (excluding diaryl/α,β-unsaturated/α-hetero) is 1. The molecule has 0 spiro atoms. The van der Waals surface area contributed by atoms with Crippen molar-refractivity contribution in [3.05, 3.63) is 62.0 Å². The van der Waals surface area contributed by atoms with Crippen LogP contribution >= 0.6 is 34.7 Å². The van der Waals surface area contributed by atoms with E-state index in [-0.39, 0.29) is 17.1 Å². The Hall–Kier alpha value is -2.07. The second-order valence-corrected chi connectivity index (χ2v) is 11.6. The largest absolute Gasteiger partial charge is 0.446 e. The number of ether oxygens (including phenoxy) is 1. The summed E-state index contributed by atoms with van der Waals surface area (Å²) in [6.45, 7) is 6.14. The maximum absolute atomic E-state index is 13.1. The lowest BCUT2D eigenvalue weighted by molar-refractivity contribution is -0.119. The van der Waals surface area contributed by atoms with Gasteiger partial charge in [0.1, 0.15) is 11.7 Å². The first-order valence-electron chi connectivity index (χ1n) is 10.1. The van der Waals surface area contributed by atoms with E-state index in [9.17, 15) is 10.1 Å². The van der Waals surface area contributed by atoms with Gasteiger partial charge in [-0.25, -0.2) is 0 Å². The van der Waals surface area contributed by atoms with Crippen molar-refractivity contribution in [2.75, 3.05) is 0 Å². The van der Waals surface area contributed by atoms with Crippen LogP contribution < -0.4 is 0 Å². The van der Waals surface area contributed by atoms with Crippen molar-refractivity contribution >= 4 is 46.4 Å². The number of allylic oxidation sites excluding steroid dienone is 2. The number of halogens is 1. The molecular weight excluding hydrogens is 448 g/mol. The van der Waals surface area contributed by atoms with Gasteiger partial charge in [-0.15, -0.1) is 23.1 Å². The Bertz CT molecular complexity index is 1130. The molecule has 2 unspecified atom stereocenters. The first kappa shape index (κ1) is 22.1. The third-order valence-corrected chi connectivity index (χ3v) is 8.22. The minimum Gasteiger partial charge on any atom is -0.446 e. The van der Waals surface area contributed by atoms with E-state index in [1.165, 1.54) is 5.56 Å². The summed E-state index contributed by atoms with van der Waals surface area (Å²) in [5.74, 6) is 0.133. The van der Waals surface area contributed by atoms with Gasteiger partial charge < -0.3 is 4.74 Å². The van der Waals surface area contributed by atoms with Gasteiger partial charge in [0.15, 0.2) is 5.78 Å². The topological polar surface area (TPSA) is 73.9 Å². The quantitative estimate of drug-likeness (QED) is 0.494. The highest BCUT2D eigenvalue weighted by Crippen LogP contribution is 2.49. The fourth-order valence-electron chi connectivity index (χ4n) is 4.20. The molecule has 2 heterocycles. The molecule has 160 valence electrons. The van der Waals surface area contributed by atoms with Crippen molar-refractivity contribution in [3.8, 4) is 6.07 Å². The van der Waals surface area contributed by atoms with Crippen LogP contribution in [0, 0.1) is 35.0 Å². The smallest absolute Gasteiger partial charge is 0.205 e. The molecule has 1 N–H and O–H groups in total. The molecule has 4 nitrogen and oxygen atoms in total. The summed E-state index contributed by atoms with van der Waals surface area (Å²) < 4.78 is 5.71. The van der Waals surface area contributed by atoms with E-state index in [1.54, 1.807) is 23.1 Å². The Labute approximate surface area is 195 Å². The Kier molecular flexibility index (Phi) is 6.04. The van der Waals surface area contributed by atoms with Gasteiger partial charge in [-0.3, -0.25) is 10.2 Å². The van der Waals surface area contributed by atoms with Crippen LogP contribution in [0.25, 0.3) is 0 Å². The number of rotatable bonds is 4. The van der Waals surface area contributed by atoms with Crippen LogP contribution in [0.1, 0.15) is 47.9 Å². The van der Waals surface area contributed by atoms with E-state index in [2.05, 4.69) is 19.1 Å². The zero-order chi connectivity index (χ0) is 22.3. The Morgan fingerprint density at radius 3 is 2.71 bits per heavy atom. The average molecular weight is 471 g/mol. The molecule has 2 aromatic rings. The summed E-state index contributed by atoms with van der Waals surface area (Å²) in [6, 6.07) is 12.1. The molecule has 0 saturated heterocycles. The van der Waals surface area contributed by atoms with Crippen LogP contribution in [0.4, 0.5) is 0 Å². The van der Waals surface area contributed by atoms with Crippen molar-refractivity contribution < 1.29 is 9.53 Å². The summed E-state index contributed by atoms with van der Waals surface area (Å²) >= 11 is 9.31. The highest BCUT2D eigenvalue weighted by Gasteiger charge is 2.46. The van der Waals surface area contributed by atoms with Gasteiger partial charge >= 0.3 is 0 Å². The fraction of sp³-hybridized carbons (Fsp3) is 0.375. The van der Waals surface area contributed by atoms with Gasteiger partial charge in [-0.05, 0) is 48.2 Å². The van der Waals surface area contributed by atoms with Crippen molar-refractivity contribution in [2.24, 2.45) is 11.3 Å². The molecule has 2 aliphatic rings. The summed E-state index contributed by atoms with van der Waals surface area (Å²) in [7, 11) is 0. The minimum atomic E-state index is -0.779. The van der Waals surface area contributed by atoms with Crippen LogP contribution in [0.15, 0.2) is 46.6 Å². The molecule has 1 aliphatic carbocycles. The van der Waals surface area contributed by atoms with Crippen molar-refractivity contribution in [1.82, 2.24) is 0 Å². The number of thiophene rings is 1. The predicted molar refractivity (Wildman–Crippen MR) is 126 cm³/mol. The van der Waals surface area contributed by atoms with E-state index < -0.39 is 11.8 Å². The molecule has 0 amide bonds. The van der Waals surface area contributed by atoms with E-state index in [4.69, 9.17) is 21.7 Å². The fourth-order valence-corrected chi connectivity index (χ4v) is 6.57. The van der Waals surface area contributed by atoms with Gasteiger partial charge in [0.2, 0.25) is 5.90 Å². The molecule has 1 aromatic carbocycles. The predicted octanol–water partition coefficient (Wildman–Crippen LogP) is 6.88. The molecule has 1 aliphatic heterocycles. The third-order valence-electron chi connectivity index (χ3n) is 5.73. The number of hydrogen-bond acceptors (Lipinski definition) is 6. The Morgan fingerprint density at radius 1 is 1.32 bits per heavy atom. The van der Waals surface area contributed by atoms with Crippen LogP contribution in [0.5, 0.6) is 0 Å². The average Bonchev–Trinajstić information content (AvgIpc) is 3.06. The SMILES string of the molecule is Cc1sc(C2C3=C(CC(C)(C)CC3=O)OC(=N)C2C#N)cc1CSc1ccc(Cl)cc1. The van der Waals surface area contributed by atoms with E-state index in [0.29, 0.717) is 29.2 Å². The van der Waals surface area contributed by atoms with Gasteiger partial charge in [0.25, 0.3) is 0 Å². The summed E-state index contributed by atoms with van der Waals surface area (Å²) in [4.78, 5) is 16.4. The molecule has 2 atom stereocenters. The van der Waals surface area contributed by atoms with Gasteiger partial charge in [-0.2, -0.15) is 5.26 Å². The number of nitrogens with zero attached hydrogens (tertiary/aromatic N) is 1. The maximum Gasteiger partial charge on any atom is 0.205 e. The highest BCUT2D eigenvalue weighted by atomic mass is 35.5. The molecule has 1 aromatic heterocycles. The Morgan fingerprint density at radius 2 is 2.03 bits per heavy atom. The lowest BCUT2D eigenvalue weighted by Gasteiger charge is -2.38. The molecule has 0 radical (unpaired) electrons. The molecule has 7 heteroatoms. The van der Waals surface area contributed by atoms with Gasteiger partial charge in [0, 0.05) is 49.8 Å². The Balaban J connectivity index is 1.67. The van der Waals surface area contributed by atoms with Crippen LogP contribution in [-0.2, 0) is 15.3 Å². The number of aryl methyl sites for hydroxylation is 1. The lowest BCUT2D eigenvalue weighted by atomic mass is 9.70. The van der Waals surface area contributed by atoms with Gasteiger partial charge in [-0.1, -0.05) is 25.4 Å². The van der Waals surface area contributed by atoms with E-state index in [0.717, 1.165) is 20.4 Å². The number of carbonyl (C=O) groups excluding carboxylic acids is 1. The normalized spacial score (nSPS) is 22.7. The molecular formula is C24H23ClN2O2S2. The monoisotopic (exact) mass is 470 g/mol. The number of thioether (sulfide) groups is 1. The zero-order valence-corrected chi connectivity index (χ0v) is 20.0. The maximum atomic E-state index is 13.1. The summed E-state index contributed by atoms with van der Waals surface area (Å²) in [6.07, 6.45) is 1.04. The van der Waals surface area contributed by atoms with Crippen molar-refractivity contribution in [2.45, 2.75) is 50.2 Å². The number of benzene rings is 1. The first-order chi connectivity index (χ1) is 14.7. The molecule has 4 rings (SSSR count). The third kappa shape index (κ3) is 4.45. The van der Waals surface area contributed by atoms with E-state index in [1.807, 2.05) is 38.1 Å². The van der Waals surface area contributed by atoms with Gasteiger partial charge in [0.05, 0.1) is 6.07 Å². The highest BCUT2D eigenvalue weighted by molar-refractivity contribution is 7.98. The molecule has 0 bridgehead atoms. The number of carbonyl (C=O) groups is 1.